The van der Waals surface area contributed by atoms with Crippen LogP contribution < -0.4 is 0 Å². The molecule has 0 unspecified atom stereocenters. The molecule has 1 amide bonds. The second-order valence-corrected chi connectivity index (χ2v) is 7.64. The third-order valence-corrected chi connectivity index (χ3v) is 4.99. The van der Waals surface area contributed by atoms with E-state index in [1.807, 2.05) is 18.2 Å². The van der Waals surface area contributed by atoms with Gasteiger partial charge in [-0.3, -0.25) is 4.79 Å². The Morgan fingerprint density at radius 3 is 2.23 bits per heavy atom. The molecule has 0 aliphatic carbocycles. The van der Waals surface area contributed by atoms with Crippen molar-refractivity contribution in [1.29, 1.82) is 0 Å². The molecule has 2 rings (SSSR count). The van der Waals surface area contributed by atoms with Crippen LogP contribution in [0.4, 0.5) is 0 Å². The summed E-state index contributed by atoms with van der Waals surface area (Å²) in [5, 5.41) is 0. The molecule has 0 bridgehead atoms. The molecule has 0 spiro atoms. The summed E-state index contributed by atoms with van der Waals surface area (Å²) in [5.41, 5.74) is 1.21. The molecule has 1 aromatic heterocycles. The standard InChI is InChI=1S/C23H34N2O/c1-5-11-22(24-16-9-10-17-24)14-15-23(26)25(18-19(2)3)20(4)21-12-7-6-8-13-21/h6-10,12-13,16-17,19-20,22H,5,11,14-15,18H2,1-4H3/t20-,22+/m0/s1. The zero-order valence-electron chi connectivity index (χ0n) is 16.8. The minimum atomic E-state index is 0.113. The molecule has 142 valence electrons. The van der Waals surface area contributed by atoms with E-state index in [0.29, 0.717) is 18.4 Å². The lowest BCUT2D eigenvalue weighted by Crippen LogP contribution is -2.36. The van der Waals surface area contributed by atoms with Crippen LogP contribution in [0.1, 0.15) is 71.0 Å². The number of amides is 1. The fourth-order valence-corrected chi connectivity index (χ4v) is 3.58. The summed E-state index contributed by atoms with van der Waals surface area (Å²) in [6.45, 7) is 9.51. The number of hydrogen-bond acceptors (Lipinski definition) is 1. The quantitative estimate of drug-likeness (QED) is 0.525. The fourth-order valence-electron chi connectivity index (χ4n) is 3.58. The predicted octanol–water partition coefficient (Wildman–Crippen LogP) is 5.86. The van der Waals surface area contributed by atoms with Crippen molar-refractivity contribution in [3.8, 4) is 0 Å². The van der Waals surface area contributed by atoms with Crippen molar-refractivity contribution >= 4 is 5.91 Å². The maximum absolute atomic E-state index is 13.1. The van der Waals surface area contributed by atoms with Gasteiger partial charge in [-0.15, -0.1) is 0 Å². The van der Waals surface area contributed by atoms with Crippen molar-refractivity contribution < 1.29 is 4.79 Å². The number of carbonyl (C=O) groups excluding carboxylic acids is 1. The van der Waals surface area contributed by atoms with E-state index in [9.17, 15) is 4.79 Å². The molecular formula is C23H34N2O. The first-order valence-electron chi connectivity index (χ1n) is 9.99. The molecule has 1 heterocycles. The van der Waals surface area contributed by atoms with Crippen molar-refractivity contribution in [1.82, 2.24) is 9.47 Å². The van der Waals surface area contributed by atoms with Crippen molar-refractivity contribution in [3.05, 3.63) is 60.4 Å². The van der Waals surface area contributed by atoms with Gasteiger partial charge >= 0.3 is 0 Å². The zero-order chi connectivity index (χ0) is 18.9. The van der Waals surface area contributed by atoms with Gasteiger partial charge in [0.05, 0.1) is 6.04 Å². The van der Waals surface area contributed by atoms with E-state index in [-0.39, 0.29) is 11.9 Å². The molecule has 3 nitrogen and oxygen atoms in total. The van der Waals surface area contributed by atoms with Crippen molar-refractivity contribution in [2.45, 2.75) is 65.5 Å². The van der Waals surface area contributed by atoms with Gasteiger partial charge in [0, 0.05) is 31.4 Å². The summed E-state index contributed by atoms with van der Waals surface area (Å²) in [4.78, 5) is 15.2. The Morgan fingerprint density at radius 2 is 1.65 bits per heavy atom. The monoisotopic (exact) mass is 354 g/mol. The molecule has 0 N–H and O–H groups in total. The van der Waals surface area contributed by atoms with Crippen molar-refractivity contribution in [2.24, 2.45) is 5.92 Å². The highest BCUT2D eigenvalue weighted by molar-refractivity contribution is 5.76. The summed E-state index contributed by atoms with van der Waals surface area (Å²) < 4.78 is 2.25. The van der Waals surface area contributed by atoms with Crippen molar-refractivity contribution in [2.75, 3.05) is 6.54 Å². The number of aromatic nitrogens is 1. The molecule has 1 aromatic carbocycles. The molecular weight excluding hydrogens is 320 g/mol. The first-order chi connectivity index (χ1) is 12.5. The molecule has 0 fully saturated rings. The maximum Gasteiger partial charge on any atom is 0.223 e. The topological polar surface area (TPSA) is 25.2 Å². The summed E-state index contributed by atoms with van der Waals surface area (Å²) in [7, 11) is 0. The van der Waals surface area contributed by atoms with Crippen LogP contribution in [0.3, 0.4) is 0 Å². The van der Waals surface area contributed by atoms with E-state index in [1.54, 1.807) is 0 Å². The second kappa shape index (κ2) is 10.2. The van der Waals surface area contributed by atoms with Crippen LogP contribution in [0.2, 0.25) is 0 Å². The smallest absolute Gasteiger partial charge is 0.223 e. The average molecular weight is 355 g/mol. The highest BCUT2D eigenvalue weighted by Gasteiger charge is 2.23. The van der Waals surface area contributed by atoms with Crippen LogP contribution in [-0.4, -0.2) is 21.9 Å². The first kappa shape index (κ1) is 20.3. The number of nitrogens with zero attached hydrogens (tertiary/aromatic N) is 2. The van der Waals surface area contributed by atoms with Gasteiger partial charge in [-0.2, -0.15) is 0 Å². The summed E-state index contributed by atoms with van der Waals surface area (Å²) in [6, 6.07) is 15.0. The minimum absolute atomic E-state index is 0.113. The largest absolute Gasteiger partial charge is 0.351 e. The maximum atomic E-state index is 13.1. The van der Waals surface area contributed by atoms with Crippen molar-refractivity contribution in [3.63, 3.8) is 0 Å². The lowest BCUT2D eigenvalue weighted by Gasteiger charge is -2.32. The van der Waals surface area contributed by atoms with Gasteiger partial charge in [0.2, 0.25) is 5.91 Å². The Hall–Kier alpha value is -2.03. The Balaban J connectivity index is 2.06. The fraction of sp³-hybridized carbons (Fsp3) is 0.522. The molecule has 0 aliphatic rings. The second-order valence-electron chi connectivity index (χ2n) is 7.64. The predicted molar refractivity (Wildman–Crippen MR) is 109 cm³/mol. The number of rotatable bonds is 10. The van der Waals surface area contributed by atoms with Crippen LogP contribution >= 0.6 is 0 Å². The van der Waals surface area contributed by atoms with E-state index in [1.165, 1.54) is 5.56 Å². The Morgan fingerprint density at radius 1 is 1.00 bits per heavy atom. The number of hydrogen-bond donors (Lipinski definition) is 0. The zero-order valence-corrected chi connectivity index (χ0v) is 16.8. The third kappa shape index (κ3) is 5.76. The van der Waals surface area contributed by atoms with E-state index in [4.69, 9.17) is 0 Å². The molecule has 2 aromatic rings. The molecule has 3 heteroatoms. The molecule has 26 heavy (non-hydrogen) atoms. The van der Waals surface area contributed by atoms with E-state index in [2.05, 4.69) is 73.8 Å². The average Bonchev–Trinajstić information content (AvgIpc) is 3.17. The highest BCUT2D eigenvalue weighted by atomic mass is 16.2. The minimum Gasteiger partial charge on any atom is -0.351 e. The highest BCUT2D eigenvalue weighted by Crippen LogP contribution is 2.25. The molecule has 0 saturated heterocycles. The third-order valence-electron chi connectivity index (χ3n) is 4.99. The molecule has 0 aliphatic heterocycles. The normalized spacial score (nSPS) is 13.6. The van der Waals surface area contributed by atoms with Crippen LogP contribution in [-0.2, 0) is 4.79 Å². The van der Waals surface area contributed by atoms with Gasteiger partial charge < -0.3 is 9.47 Å². The van der Waals surface area contributed by atoms with Crippen LogP contribution in [0.5, 0.6) is 0 Å². The number of benzene rings is 1. The summed E-state index contributed by atoms with van der Waals surface area (Å²) in [6.07, 6.45) is 7.98. The van der Waals surface area contributed by atoms with Gasteiger partial charge in [-0.1, -0.05) is 57.5 Å². The molecule has 0 saturated carbocycles. The summed E-state index contributed by atoms with van der Waals surface area (Å²) in [5.74, 6) is 0.726. The van der Waals surface area contributed by atoms with Gasteiger partial charge in [0.25, 0.3) is 0 Å². The number of carbonyl (C=O) groups is 1. The van der Waals surface area contributed by atoms with Crippen LogP contribution in [0.15, 0.2) is 54.9 Å². The Labute approximate surface area is 159 Å². The van der Waals surface area contributed by atoms with Crippen LogP contribution in [0.25, 0.3) is 0 Å². The Bertz CT molecular complexity index is 633. The SMILES string of the molecule is CCC[C@H](CCC(=O)N(CC(C)C)[C@@H](C)c1ccccc1)n1cccc1. The molecule has 2 atom stereocenters. The lowest BCUT2D eigenvalue weighted by molar-refractivity contribution is -0.134. The first-order valence-corrected chi connectivity index (χ1v) is 9.99. The Kier molecular flexibility index (Phi) is 7.96. The van der Waals surface area contributed by atoms with E-state index < -0.39 is 0 Å². The van der Waals surface area contributed by atoms with Gasteiger partial charge in [0.1, 0.15) is 0 Å². The van der Waals surface area contributed by atoms with Gasteiger partial charge in [-0.25, -0.2) is 0 Å². The summed E-state index contributed by atoms with van der Waals surface area (Å²) >= 11 is 0. The van der Waals surface area contributed by atoms with E-state index in [0.717, 1.165) is 25.8 Å². The van der Waals surface area contributed by atoms with Gasteiger partial charge in [0.15, 0.2) is 0 Å². The van der Waals surface area contributed by atoms with Gasteiger partial charge in [-0.05, 0) is 43.4 Å². The van der Waals surface area contributed by atoms with E-state index >= 15 is 0 Å². The van der Waals surface area contributed by atoms with Crippen LogP contribution in [0, 0.1) is 5.92 Å². The molecule has 0 radical (unpaired) electrons. The lowest BCUT2D eigenvalue weighted by atomic mass is 10.0.